The standard InChI is InChI=1S/C15H21FN4O/c1-20-10-3-2-4-11(20)8-9(7-10)19-15(21)12-5-6-18-14(17)13(12)16/h5-6,9-11H,2-4,7-8H2,1H3,(H2,17,18)(H,19,21). The number of amides is 1. The predicted molar refractivity (Wildman–Crippen MR) is 78.3 cm³/mol. The Hall–Kier alpha value is -1.69. The first-order chi connectivity index (χ1) is 10.1. The Morgan fingerprint density at radius 3 is 2.76 bits per heavy atom. The molecule has 3 heterocycles. The molecular formula is C15H21FN4O. The van der Waals surface area contributed by atoms with E-state index in [1.54, 1.807) is 0 Å². The van der Waals surface area contributed by atoms with Gasteiger partial charge in [-0.1, -0.05) is 6.42 Å². The van der Waals surface area contributed by atoms with Gasteiger partial charge in [-0.15, -0.1) is 0 Å². The molecule has 1 aromatic heterocycles. The maximum Gasteiger partial charge on any atom is 0.254 e. The molecule has 2 fully saturated rings. The Balaban J connectivity index is 1.69. The lowest BCUT2D eigenvalue weighted by Crippen LogP contribution is -2.55. The molecule has 5 nitrogen and oxygen atoms in total. The summed E-state index contributed by atoms with van der Waals surface area (Å²) in [6.07, 6.45) is 6.83. The number of nitrogen functional groups attached to an aromatic ring is 1. The zero-order valence-corrected chi connectivity index (χ0v) is 12.2. The van der Waals surface area contributed by atoms with Crippen LogP contribution in [0.1, 0.15) is 42.5 Å². The van der Waals surface area contributed by atoms with E-state index in [1.807, 2.05) is 0 Å². The minimum atomic E-state index is -0.733. The van der Waals surface area contributed by atoms with E-state index in [2.05, 4.69) is 22.2 Å². The molecule has 6 heteroatoms. The first kappa shape index (κ1) is 14.3. The van der Waals surface area contributed by atoms with Crippen molar-refractivity contribution in [3.8, 4) is 0 Å². The summed E-state index contributed by atoms with van der Waals surface area (Å²) in [6, 6.07) is 2.53. The Labute approximate surface area is 123 Å². The van der Waals surface area contributed by atoms with Gasteiger partial charge in [0.05, 0.1) is 5.56 Å². The summed E-state index contributed by atoms with van der Waals surface area (Å²) in [5.41, 5.74) is 5.39. The number of nitrogens with zero attached hydrogens (tertiary/aromatic N) is 2. The summed E-state index contributed by atoms with van der Waals surface area (Å²) < 4.78 is 13.8. The second-order valence-electron chi connectivity index (χ2n) is 6.10. The Morgan fingerprint density at radius 2 is 2.10 bits per heavy atom. The molecule has 0 aromatic carbocycles. The quantitative estimate of drug-likeness (QED) is 0.867. The van der Waals surface area contributed by atoms with Crippen LogP contribution in [0.5, 0.6) is 0 Å². The molecular weight excluding hydrogens is 271 g/mol. The Morgan fingerprint density at radius 1 is 1.43 bits per heavy atom. The van der Waals surface area contributed by atoms with Gasteiger partial charge in [0.15, 0.2) is 11.6 Å². The van der Waals surface area contributed by atoms with Crippen molar-refractivity contribution in [2.75, 3.05) is 12.8 Å². The highest BCUT2D eigenvalue weighted by Crippen LogP contribution is 2.32. The molecule has 1 aromatic rings. The number of nitrogens with two attached hydrogens (primary N) is 1. The average Bonchev–Trinajstić information content (AvgIpc) is 2.43. The number of carbonyl (C=O) groups is 1. The van der Waals surface area contributed by atoms with Crippen LogP contribution in [0.3, 0.4) is 0 Å². The summed E-state index contributed by atoms with van der Waals surface area (Å²) in [6.45, 7) is 0. The van der Waals surface area contributed by atoms with Crippen molar-refractivity contribution in [2.45, 2.75) is 50.2 Å². The SMILES string of the molecule is CN1C2CCCC1CC(NC(=O)c1ccnc(N)c1F)C2. The van der Waals surface area contributed by atoms with Gasteiger partial charge in [0.1, 0.15) is 0 Å². The molecule has 1 amide bonds. The van der Waals surface area contributed by atoms with Crippen molar-refractivity contribution in [2.24, 2.45) is 0 Å². The van der Waals surface area contributed by atoms with Crippen molar-refractivity contribution in [1.29, 1.82) is 0 Å². The third kappa shape index (κ3) is 2.72. The molecule has 2 atom stereocenters. The number of fused-ring (bicyclic) bond motifs is 2. The molecule has 2 saturated heterocycles. The highest BCUT2D eigenvalue weighted by molar-refractivity contribution is 5.95. The molecule has 3 rings (SSSR count). The summed E-state index contributed by atoms with van der Waals surface area (Å²) in [4.78, 5) is 18.3. The number of piperidine rings is 2. The van der Waals surface area contributed by atoms with Crippen molar-refractivity contribution in [3.05, 3.63) is 23.6 Å². The van der Waals surface area contributed by atoms with E-state index in [9.17, 15) is 9.18 Å². The zero-order valence-electron chi connectivity index (χ0n) is 12.2. The van der Waals surface area contributed by atoms with Gasteiger partial charge in [-0.05, 0) is 38.8 Å². The van der Waals surface area contributed by atoms with E-state index in [0.29, 0.717) is 12.1 Å². The van der Waals surface area contributed by atoms with Gasteiger partial charge in [0, 0.05) is 24.3 Å². The first-order valence-electron chi connectivity index (χ1n) is 7.49. The third-order valence-corrected chi connectivity index (χ3v) is 4.84. The van der Waals surface area contributed by atoms with E-state index < -0.39 is 11.7 Å². The zero-order chi connectivity index (χ0) is 15.0. The van der Waals surface area contributed by atoms with Gasteiger partial charge in [-0.25, -0.2) is 9.37 Å². The highest BCUT2D eigenvalue weighted by atomic mass is 19.1. The van der Waals surface area contributed by atoms with Gasteiger partial charge < -0.3 is 16.0 Å². The molecule has 0 radical (unpaired) electrons. The molecule has 0 spiro atoms. The maximum absolute atomic E-state index is 13.8. The third-order valence-electron chi connectivity index (χ3n) is 4.84. The van der Waals surface area contributed by atoms with Crippen LogP contribution in [-0.4, -0.2) is 41.0 Å². The lowest BCUT2D eigenvalue weighted by molar-refractivity contribution is 0.0462. The summed E-state index contributed by atoms with van der Waals surface area (Å²) >= 11 is 0. The van der Waals surface area contributed by atoms with Crippen LogP contribution in [-0.2, 0) is 0 Å². The molecule has 2 bridgehead atoms. The van der Waals surface area contributed by atoms with Gasteiger partial charge in [0.2, 0.25) is 0 Å². The Kier molecular flexibility index (Phi) is 3.80. The fourth-order valence-corrected chi connectivity index (χ4v) is 3.63. The smallest absolute Gasteiger partial charge is 0.254 e. The van der Waals surface area contributed by atoms with Gasteiger partial charge in [0.25, 0.3) is 5.91 Å². The number of aromatic nitrogens is 1. The van der Waals surface area contributed by atoms with E-state index >= 15 is 0 Å². The molecule has 0 saturated carbocycles. The van der Waals surface area contributed by atoms with Crippen LogP contribution in [0, 0.1) is 5.82 Å². The molecule has 0 aliphatic carbocycles. The predicted octanol–water partition coefficient (Wildman–Crippen LogP) is 1.55. The van der Waals surface area contributed by atoms with E-state index in [-0.39, 0.29) is 17.4 Å². The molecule has 114 valence electrons. The number of anilines is 1. The van der Waals surface area contributed by atoms with Crippen molar-refractivity contribution in [1.82, 2.24) is 15.2 Å². The number of pyridine rings is 1. The second-order valence-corrected chi connectivity index (χ2v) is 6.10. The largest absolute Gasteiger partial charge is 0.381 e. The van der Waals surface area contributed by atoms with Crippen LogP contribution in [0.4, 0.5) is 10.2 Å². The monoisotopic (exact) mass is 292 g/mol. The fourth-order valence-electron chi connectivity index (χ4n) is 3.63. The normalized spacial score (nSPS) is 29.1. The molecule has 2 aliphatic heterocycles. The number of carbonyl (C=O) groups excluding carboxylic acids is 1. The van der Waals surface area contributed by atoms with Crippen LogP contribution in [0.2, 0.25) is 0 Å². The highest BCUT2D eigenvalue weighted by Gasteiger charge is 2.36. The van der Waals surface area contributed by atoms with Gasteiger partial charge >= 0.3 is 0 Å². The molecule has 21 heavy (non-hydrogen) atoms. The number of halogens is 1. The van der Waals surface area contributed by atoms with E-state index in [0.717, 1.165) is 12.8 Å². The first-order valence-corrected chi connectivity index (χ1v) is 7.49. The van der Waals surface area contributed by atoms with Gasteiger partial charge in [-0.2, -0.15) is 0 Å². The minimum Gasteiger partial charge on any atom is -0.381 e. The summed E-state index contributed by atoms with van der Waals surface area (Å²) in [7, 11) is 2.16. The molecule has 2 unspecified atom stereocenters. The van der Waals surface area contributed by atoms with Crippen LogP contribution < -0.4 is 11.1 Å². The molecule has 2 aliphatic rings. The number of hydrogen-bond acceptors (Lipinski definition) is 4. The maximum atomic E-state index is 13.8. The Bertz CT molecular complexity index is 536. The summed E-state index contributed by atoms with van der Waals surface area (Å²) in [5.74, 6) is -1.36. The van der Waals surface area contributed by atoms with E-state index in [1.165, 1.54) is 31.5 Å². The van der Waals surface area contributed by atoms with Crippen LogP contribution >= 0.6 is 0 Å². The number of hydrogen-bond donors (Lipinski definition) is 2. The van der Waals surface area contributed by atoms with Crippen molar-refractivity contribution >= 4 is 11.7 Å². The topological polar surface area (TPSA) is 71.2 Å². The molecule has 3 N–H and O–H groups in total. The van der Waals surface area contributed by atoms with Crippen molar-refractivity contribution < 1.29 is 9.18 Å². The van der Waals surface area contributed by atoms with Crippen molar-refractivity contribution in [3.63, 3.8) is 0 Å². The van der Waals surface area contributed by atoms with E-state index in [4.69, 9.17) is 5.73 Å². The number of rotatable bonds is 2. The lowest BCUT2D eigenvalue weighted by Gasteiger charge is -2.47. The lowest BCUT2D eigenvalue weighted by atomic mass is 9.82. The average molecular weight is 292 g/mol. The van der Waals surface area contributed by atoms with Crippen LogP contribution in [0.25, 0.3) is 0 Å². The fraction of sp³-hybridized carbons (Fsp3) is 0.600. The minimum absolute atomic E-state index is 0.0217. The summed E-state index contributed by atoms with van der Waals surface area (Å²) in [5, 5.41) is 2.96. The van der Waals surface area contributed by atoms with Crippen LogP contribution in [0.15, 0.2) is 12.3 Å². The van der Waals surface area contributed by atoms with Gasteiger partial charge in [-0.3, -0.25) is 4.79 Å². The second kappa shape index (κ2) is 5.60. The number of nitrogens with one attached hydrogen (secondary N) is 1.